The molecule has 3 heteroatoms. The fourth-order valence-corrected chi connectivity index (χ4v) is 1.44. The summed E-state index contributed by atoms with van der Waals surface area (Å²) in [5, 5.41) is 3.33. The topological polar surface area (TPSA) is 21.3 Å². The van der Waals surface area contributed by atoms with Crippen molar-refractivity contribution < 1.29 is 9.13 Å². The average Bonchev–Trinajstić information content (AvgIpc) is 2.28. The molecule has 0 saturated heterocycles. The van der Waals surface area contributed by atoms with Crippen molar-refractivity contribution in [1.82, 2.24) is 5.32 Å². The molecule has 0 bridgehead atoms. The van der Waals surface area contributed by atoms with Gasteiger partial charge in [0.1, 0.15) is 11.6 Å². The fraction of sp³-hybridized carbons (Fsp3) is 0.467. The quantitative estimate of drug-likeness (QED) is 0.615. The van der Waals surface area contributed by atoms with Crippen molar-refractivity contribution in [3.63, 3.8) is 0 Å². The van der Waals surface area contributed by atoms with Crippen LogP contribution in [0.15, 0.2) is 30.9 Å². The van der Waals surface area contributed by atoms with Crippen molar-refractivity contribution in [2.24, 2.45) is 0 Å². The number of nitrogens with one attached hydrogen (secondary N) is 1. The number of ether oxygens (including phenoxy) is 1. The number of halogens is 1. The second-order valence-electron chi connectivity index (χ2n) is 5.28. The molecule has 18 heavy (non-hydrogen) atoms. The first kappa shape index (κ1) is 14.7. The Kier molecular flexibility index (Phi) is 5.35. The first-order valence-electron chi connectivity index (χ1n) is 6.19. The lowest BCUT2D eigenvalue weighted by atomic mass is 10.1. The average molecular weight is 251 g/mol. The summed E-state index contributed by atoms with van der Waals surface area (Å²) in [6.07, 6.45) is 2.58. The smallest absolute Gasteiger partial charge is 0.123 e. The molecule has 0 unspecified atom stereocenters. The minimum atomic E-state index is -0.239. The Bertz CT molecular complexity index is 396. The number of benzene rings is 1. The van der Waals surface area contributed by atoms with Crippen molar-refractivity contribution in [3.8, 4) is 5.75 Å². The van der Waals surface area contributed by atoms with E-state index in [-0.39, 0.29) is 11.4 Å². The van der Waals surface area contributed by atoms with E-state index in [1.807, 2.05) is 0 Å². The van der Waals surface area contributed by atoms with Gasteiger partial charge in [0.15, 0.2) is 0 Å². The molecule has 1 N–H and O–H groups in total. The standard InChI is InChI=1S/C15H22FNO/c1-5-6-9-18-14-8-7-13(16)10-12(14)11-17-15(2,3)4/h5,7-8,10,17H,1,6,9,11H2,2-4H3. The van der Waals surface area contributed by atoms with Crippen molar-refractivity contribution in [2.45, 2.75) is 39.3 Å². The van der Waals surface area contributed by atoms with Gasteiger partial charge in [-0.15, -0.1) is 6.58 Å². The van der Waals surface area contributed by atoms with E-state index in [4.69, 9.17) is 4.74 Å². The van der Waals surface area contributed by atoms with Gasteiger partial charge >= 0.3 is 0 Å². The fourth-order valence-electron chi connectivity index (χ4n) is 1.44. The third-order valence-electron chi connectivity index (χ3n) is 2.41. The molecule has 2 nitrogen and oxygen atoms in total. The lowest BCUT2D eigenvalue weighted by Crippen LogP contribution is -2.35. The predicted molar refractivity (Wildman–Crippen MR) is 73.3 cm³/mol. The maximum Gasteiger partial charge on any atom is 0.123 e. The highest BCUT2D eigenvalue weighted by atomic mass is 19.1. The van der Waals surface area contributed by atoms with Gasteiger partial charge in [-0.05, 0) is 45.4 Å². The molecule has 0 amide bonds. The van der Waals surface area contributed by atoms with Gasteiger partial charge in [0.05, 0.1) is 6.61 Å². The van der Waals surface area contributed by atoms with Gasteiger partial charge < -0.3 is 10.1 Å². The Hall–Kier alpha value is -1.35. The molecule has 0 aliphatic rings. The van der Waals surface area contributed by atoms with E-state index in [0.29, 0.717) is 13.2 Å². The molecule has 0 heterocycles. The number of rotatable bonds is 6. The molecule has 0 aliphatic carbocycles. The van der Waals surface area contributed by atoms with Crippen LogP contribution in [-0.4, -0.2) is 12.1 Å². The summed E-state index contributed by atoms with van der Waals surface area (Å²) in [5.41, 5.74) is 0.832. The maximum atomic E-state index is 13.3. The summed E-state index contributed by atoms with van der Waals surface area (Å²) in [6, 6.07) is 4.61. The highest BCUT2D eigenvalue weighted by molar-refractivity contribution is 5.34. The third-order valence-corrected chi connectivity index (χ3v) is 2.41. The number of hydrogen-bond donors (Lipinski definition) is 1. The zero-order chi connectivity index (χ0) is 13.6. The zero-order valence-electron chi connectivity index (χ0n) is 11.4. The molecule has 1 aromatic carbocycles. The summed E-state index contributed by atoms with van der Waals surface area (Å²) in [5.74, 6) is 0.492. The molecule has 0 atom stereocenters. The zero-order valence-corrected chi connectivity index (χ0v) is 11.4. The van der Waals surface area contributed by atoms with Crippen LogP contribution < -0.4 is 10.1 Å². The second kappa shape index (κ2) is 6.55. The van der Waals surface area contributed by atoms with Gasteiger partial charge in [-0.25, -0.2) is 4.39 Å². The monoisotopic (exact) mass is 251 g/mol. The highest BCUT2D eigenvalue weighted by Crippen LogP contribution is 2.20. The first-order valence-corrected chi connectivity index (χ1v) is 6.19. The van der Waals surface area contributed by atoms with Crippen molar-refractivity contribution >= 4 is 0 Å². The molecule has 0 spiro atoms. The van der Waals surface area contributed by atoms with Crippen molar-refractivity contribution in [3.05, 3.63) is 42.2 Å². The molecule has 0 radical (unpaired) electrons. The minimum absolute atomic E-state index is 0.00922. The van der Waals surface area contributed by atoms with Crippen LogP contribution >= 0.6 is 0 Å². The van der Waals surface area contributed by atoms with Crippen LogP contribution in [0.3, 0.4) is 0 Å². The summed E-state index contributed by atoms with van der Waals surface area (Å²) in [4.78, 5) is 0. The lowest BCUT2D eigenvalue weighted by Gasteiger charge is -2.21. The molecule has 100 valence electrons. The molecule has 0 aromatic heterocycles. The lowest BCUT2D eigenvalue weighted by molar-refractivity contribution is 0.317. The summed E-state index contributed by atoms with van der Waals surface area (Å²) in [6.45, 7) is 11.0. The minimum Gasteiger partial charge on any atom is -0.493 e. The van der Waals surface area contributed by atoms with Crippen LogP contribution in [0.1, 0.15) is 32.8 Å². The SMILES string of the molecule is C=CCCOc1ccc(F)cc1CNC(C)(C)C. The second-order valence-corrected chi connectivity index (χ2v) is 5.28. The molecule has 0 aliphatic heterocycles. The van der Waals surface area contributed by atoms with Gasteiger partial charge in [0.25, 0.3) is 0 Å². The van der Waals surface area contributed by atoms with Crippen LogP contribution in [0.25, 0.3) is 0 Å². The van der Waals surface area contributed by atoms with Crippen LogP contribution in [0.5, 0.6) is 5.75 Å². The van der Waals surface area contributed by atoms with Crippen molar-refractivity contribution in [2.75, 3.05) is 6.61 Å². The largest absolute Gasteiger partial charge is 0.493 e. The third kappa shape index (κ3) is 5.32. The highest BCUT2D eigenvalue weighted by Gasteiger charge is 2.11. The van der Waals surface area contributed by atoms with Crippen LogP contribution in [0.2, 0.25) is 0 Å². The van der Waals surface area contributed by atoms with Gasteiger partial charge in [0, 0.05) is 17.6 Å². The Morgan fingerprint density at radius 1 is 1.39 bits per heavy atom. The summed E-state index contributed by atoms with van der Waals surface area (Å²) < 4.78 is 18.9. The maximum absolute atomic E-state index is 13.3. The Morgan fingerprint density at radius 3 is 2.72 bits per heavy atom. The number of hydrogen-bond acceptors (Lipinski definition) is 2. The van der Waals surface area contributed by atoms with Crippen LogP contribution in [-0.2, 0) is 6.54 Å². The Labute approximate surface area is 109 Å². The summed E-state index contributed by atoms with van der Waals surface area (Å²) >= 11 is 0. The molecule has 1 aromatic rings. The van der Waals surface area contributed by atoms with Gasteiger partial charge in [-0.1, -0.05) is 6.08 Å². The molecule has 0 saturated carbocycles. The van der Waals surface area contributed by atoms with E-state index in [1.165, 1.54) is 12.1 Å². The molecule has 0 fully saturated rings. The van der Waals surface area contributed by atoms with E-state index in [0.717, 1.165) is 17.7 Å². The van der Waals surface area contributed by atoms with Crippen LogP contribution in [0.4, 0.5) is 4.39 Å². The molecule has 1 rings (SSSR count). The predicted octanol–water partition coefficient (Wildman–Crippen LogP) is 3.67. The molecular weight excluding hydrogens is 229 g/mol. The van der Waals surface area contributed by atoms with E-state index in [9.17, 15) is 4.39 Å². The van der Waals surface area contributed by atoms with E-state index >= 15 is 0 Å². The molecular formula is C15H22FNO. The first-order chi connectivity index (χ1) is 8.42. The summed E-state index contributed by atoms with van der Waals surface area (Å²) in [7, 11) is 0. The normalized spacial score (nSPS) is 11.3. The van der Waals surface area contributed by atoms with Gasteiger partial charge in [-0.2, -0.15) is 0 Å². The van der Waals surface area contributed by atoms with E-state index in [2.05, 4.69) is 32.7 Å². The van der Waals surface area contributed by atoms with Crippen LogP contribution in [0, 0.1) is 5.82 Å². The Morgan fingerprint density at radius 2 is 2.11 bits per heavy atom. The van der Waals surface area contributed by atoms with E-state index < -0.39 is 0 Å². The Balaban J connectivity index is 2.73. The van der Waals surface area contributed by atoms with E-state index in [1.54, 1.807) is 12.1 Å². The van der Waals surface area contributed by atoms with Gasteiger partial charge in [0.2, 0.25) is 0 Å². The van der Waals surface area contributed by atoms with Gasteiger partial charge in [-0.3, -0.25) is 0 Å². The van der Waals surface area contributed by atoms with Crippen molar-refractivity contribution in [1.29, 1.82) is 0 Å².